The maximum absolute atomic E-state index is 10.3. The highest BCUT2D eigenvalue weighted by atomic mass is 35.5. The van der Waals surface area contributed by atoms with E-state index in [2.05, 4.69) is 25.6 Å². The number of aromatic nitrogens is 3. The van der Waals surface area contributed by atoms with Gasteiger partial charge in [-0.15, -0.1) is 0 Å². The van der Waals surface area contributed by atoms with Crippen LogP contribution in [-0.2, 0) is 4.74 Å². The van der Waals surface area contributed by atoms with E-state index in [1.54, 1.807) is 7.05 Å². The number of ether oxygens (including phenoxy) is 1. The predicted octanol–water partition coefficient (Wildman–Crippen LogP) is 0.518. The van der Waals surface area contributed by atoms with Crippen molar-refractivity contribution in [2.45, 2.75) is 25.0 Å². The quantitative estimate of drug-likeness (QED) is 0.736. The third-order valence-corrected chi connectivity index (χ3v) is 3.21. The number of nitrogens with zero attached hydrogens (tertiary/aromatic N) is 3. The monoisotopic (exact) mass is 273 g/mol. The van der Waals surface area contributed by atoms with Gasteiger partial charge >= 0.3 is 0 Å². The van der Waals surface area contributed by atoms with Gasteiger partial charge in [0.2, 0.25) is 17.2 Å². The number of halogens is 1. The second kappa shape index (κ2) is 5.21. The Balaban J connectivity index is 2.04. The van der Waals surface area contributed by atoms with Crippen molar-refractivity contribution >= 4 is 23.5 Å². The minimum atomic E-state index is -0.904. The summed E-state index contributed by atoms with van der Waals surface area (Å²) in [6.07, 6.45) is 0.366. The number of anilines is 2. The van der Waals surface area contributed by atoms with Gasteiger partial charge in [0.25, 0.3) is 0 Å². The molecule has 0 spiro atoms. The van der Waals surface area contributed by atoms with Gasteiger partial charge in [-0.25, -0.2) is 0 Å². The molecule has 8 heteroatoms. The van der Waals surface area contributed by atoms with Crippen molar-refractivity contribution in [3.63, 3.8) is 0 Å². The Labute approximate surface area is 110 Å². The van der Waals surface area contributed by atoms with Crippen LogP contribution in [0.4, 0.5) is 11.9 Å². The van der Waals surface area contributed by atoms with Crippen LogP contribution < -0.4 is 10.6 Å². The Morgan fingerprint density at radius 3 is 2.78 bits per heavy atom. The SMILES string of the molecule is CNc1nc(Cl)nc(NCC2(O)CCOC2C)n1. The summed E-state index contributed by atoms with van der Waals surface area (Å²) in [7, 11) is 1.69. The van der Waals surface area contributed by atoms with Crippen LogP contribution in [0.25, 0.3) is 0 Å². The van der Waals surface area contributed by atoms with Crippen molar-refractivity contribution in [3.05, 3.63) is 5.28 Å². The van der Waals surface area contributed by atoms with Crippen molar-refractivity contribution in [2.24, 2.45) is 0 Å². The van der Waals surface area contributed by atoms with Crippen LogP contribution >= 0.6 is 11.6 Å². The molecule has 2 rings (SSSR count). The Morgan fingerprint density at radius 1 is 1.44 bits per heavy atom. The molecule has 0 aliphatic carbocycles. The smallest absolute Gasteiger partial charge is 0.228 e. The third-order valence-electron chi connectivity index (χ3n) is 3.04. The molecular weight excluding hydrogens is 258 g/mol. The molecule has 0 aromatic carbocycles. The largest absolute Gasteiger partial charge is 0.385 e. The van der Waals surface area contributed by atoms with E-state index in [0.717, 1.165) is 0 Å². The average Bonchev–Trinajstić information content (AvgIpc) is 2.67. The zero-order valence-electron chi connectivity index (χ0n) is 10.3. The molecule has 0 amide bonds. The molecule has 1 aliphatic heterocycles. The topological polar surface area (TPSA) is 92.2 Å². The van der Waals surface area contributed by atoms with Gasteiger partial charge in [0.1, 0.15) is 5.60 Å². The normalized spacial score (nSPS) is 27.2. The minimum Gasteiger partial charge on any atom is -0.385 e. The molecule has 0 radical (unpaired) electrons. The summed E-state index contributed by atoms with van der Waals surface area (Å²) < 4.78 is 5.34. The third kappa shape index (κ3) is 2.80. The molecule has 0 saturated carbocycles. The lowest BCUT2D eigenvalue weighted by molar-refractivity contribution is -0.0176. The molecule has 7 nitrogen and oxygen atoms in total. The van der Waals surface area contributed by atoms with E-state index in [1.165, 1.54) is 0 Å². The van der Waals surface area contributed by atoms with E-state index in [9.17, 15) is 5.11 Å². The first-order chi connectivity index (χ1) is 8.53. The van der Waals surface area contributed by atoms with E-state index in [4.69, 9.17) is 16.3 Å². The minimum absolute atomic E-state index is 0.0968. The van der Waals surface area contributed by atoms with Crippen LogP contribution in [0.2, 0.25) is 5.28 Å². The highest BCUT2D eigenvalue weighted by molar-refractivity contribution is 6.28. The van der Waals surface area contributed by atoms with Crippen molar-refractivity contribution in [1.29, 1.82) is 0 Å². The van der Waals surface area contributed by atoms with Crippen molar-refractivity contribution in [3.8, 4) is 0 Å². The summed E-state index contributed by atoms with van der Waals surface area (Å²) in [6, 6.07) is 0. The van der Waals surface area contributed by atoms with E-state index in [-0.39, 0.29) is 11.4 Å². The molecule has 1 aliphatic rings. The van der Waals surface area contributed by atoms with Gasteiger partial charge in [0, 0.05) is 26.6 Å². The van der Waals surface area contributed by atoms with Crippen molar-refractivity contribution < 1.29 is 9.84 Å². The van der Waals surface area contributed by atoms with Gasteiger partial charge in [-0.3, -0.25) is 0 Å². The molecule has 1 aromatic heterocycles. The molecule has 1 saturated heterocycles. The molecule has 2 heterocycles. The van der Waals surface area contributed by atoms with Crippen LogP contribution in [0.5, 0.6) is 0 Å². The lowest BCUT2D eigenvalue weighted by Gasteiger charge is -2.26. The van der Waals surface area contributed by atoms with Gasteiger partial charge in [-0.1, -0.05) is 0 Å². The second-order valence-electron chi connectivity index (χ2n) is 4.22. The summed E-state index contributed by atoms with van der Waals surface area (Å²) >= 11 is 5.76. The molecule has 3 N–H and O–H groups in total. The molecule has 2 atom stereocenters. The summed E-state index contributed by atoms with van der Waals surface area (Å²) in [5, 5.41) is 16.1. The zero-order chi connectivity index (χ0) is 13.2. The Morgan fingerprint density at radius 2 is 2.17 bits per heavy atom. The van der Waals surface area contributed by atoms with Gasteiger partial charge in [-0.05, 0) is 18.5 Å². The summed E-state index contributed by atoms with van der Waals surface area (Å²) in [6.45, 7) is 2.70. The van der Waals surface area contributed by atoms with Crippen LogP contribution in [0.15, 0.2) is 0 Å². The maximum atomic E-state index is 10.3. The van der Waals surface area contributed by atoms with Crippen LogP contribution in [0, 0.1) is 0 Å². The number of hydrogen-bond acceptors (Lipinski definition) is 7. The Kier molecular flexibility index (Phi) is 3.84. The highest BCUT2D eigenvalue weighted by Gasteiger charge is 2.39. The number of aliphatic hydroxyl groups is 1. The predicted molar refractivity (Wildman–Crippen MR) is 67.9 cm³/mol. The lowest BCUT2D eigenvalue weighted by atomic mass is 9.97. The fraction of sp³-hybridized carbons (Fsp3) is 0.700. The van der Waals surface area contributed by atoms with E-state index in [0.29, 0.717) is 31.5 Å². The molecular formula is C10H16ClN5O2. The fourth-order valence-corrected chi connectivity index (χ4v) is 1.94. The van der Waals surface area contributed by atoms with Gasteiger partial charge in [-0.2, -0.15) is 15.0 Å². The van der Waals surface area contributed by atoms with Gasteiger partial charge in [0.05, 0.1) is 6.10 Å². The molecule has 2 unspecified atom stereocenters. The summed E-state index contributed by atoms with van der Waals surface area (Å²) in [4.78, 5) is 11.9. The van der Waals surface area contributed by atoms with E-state index in [1.807, 2.05) is 6.92 Å². The molecule has 0 bridgehead atoms. The zero-order valence-corrected chi connectivity index (χ0v) is 11.0. The molecule has 100 valence electrons. The molecule has 1 fully saturated rings. The Hall–Kier alpha value is -1.18. The van der Waals surface area contributed by atoms with Gasteiger partial charge in [0.15, 0.2) is 0 Å². The van der Waals surface area contributed by atoms with E-state index < -0.39 is 5.60 Å². The standard InChI is InChI=1S/C10H16ClN5O2/c1-6-10(17,3-4-18-6)5-13-9-15-7(11)14-8(12-2)16-9/h6,17H,3-5H2,1-2H3,(H2,12,13,14,15,16). The average molecular weight is 274 g/mol. The lowest BCUT2D eigenvalue weighted by Crippen LogP contribution is -2.43. The van der Waals surface area contributed by atoms with Crippen LogP contribution in [-0.4, -0.2) is 52.0 Å². The Bertz CT molecular complexity index is 433. The van der Waals surface area contributed by atoms with Crippen molar-refractivity contribution in [2.75, 3.05) is 30.8 Å². The molecule has 18 heavy (non-hydrogen) atoms. The number of nitrogens with one attached hydrogen (secondary N) is 2. The van der Waals surface area contributed by atoms with Crippen molar-refractivity contribution in [1.82, 2.24) is 15.0 Å². The highest BCUT2D eigenvalue weighted by Crippen LogP contribution is 2.25. The number of hydrogen-bond donors (Lipinski definition) is 3. The summed E-state index contributed by atoms with van der Waals surface area (Å²) in [5.74, 6) is 0.701. The first kappa shape index (κ1) is 13.3. The summed E-state index contributed by atoms with van der Waals surface area (Å²) in [5.41, 5.74) is -0.904. The van der Waals surface area contributed by atoms with Crippen LogP contribution in [0.3, 0.4) is 0 Å². The van der Waals surface area contributed by atoms with Crippen LogP contribution in [0.1, 0.15) is 13.3 Å². The van der Waals surface area contributed by atoms with Gasteiger partial charge < -0.3 is 20.5 Å². The second-order valence-corrected chi connectivity index (χ2v) is 4.56. The fourth-order valence-electron chi connectivity index (χ4n) is 1.78. The molecule has 1 aromatic rings. The van der Waals surface area contributed by atoms with E-state index >= 15 is 0 Å². The maximum Gasteiger partial charge on any atom is 0.228 e. The number of rotatable bonds is 4. The first-order valence-corrected chi connectivity index (χ1v) is 6.08. The first-order valence-electron chi connectivity index (χ1n) is 5.71.